The number of benzene rings is 1. The molecule has 0 saturated heterocycles. The van der Waals surface area contributed by atoms with Crippen LogP contribution in [0.15, 0.2) is 30.5 Å². The van der Waals surface area contributed by atoms with Crippen molar-refractivity contribution in [3.63, 3.8) is 0 Å². The van der Waals surface area contributed by atoms with Gasteiger partial charge in [0.1, 0.15) is 11.6 Å². The van der Waals surface area contributed by atoms with Crippen LogP contribution in [0.25, 0.3) is 0 Å². The Kier molecular flexibility index (Phi) is 4.56. The molecule has 0 aliphatic carbocycles. The zero-order valence-corrected chi connectivity index (χ0v) is 11.7. The number of rotatable bonds is 4. The fraction of sp³-hybridized carbons (Fsp3) is 0.0769. The SMILES string of the molecule is COc1cc(F)ccc1NC(=O)c1cnc(NN)c(Cl)c1. The third-order valence-electron chi connectivity index (χ3n) is 2.65. The monoisotopic (exact) mass is 310 g/mol. The molecule has 0 aliphatic heterocycles. The molecule has 0 aliphatic rings. The second kappa shape index (κ2) is 6.38. The number of hydrogen-bond acceptors (Lipinski definition) is 5. The molecular formula is C13H12ClFN4O2. The number of nitrogens with one attached hydrogen (secondary N) is 2. The molecule has 2 aromatic rings. The van der Waals surface area contributed by atoms with Gasteiger partial charge in [-0.05, 0) is 18.2 Å². The summed E-state index contributed by atoms with van der Waals surface area (Å²) in [6.07, 6.45) is 1.31. The standard InChI is InChI=1S/C13H12ClFN4O2/c1-21-11-5-8(15)2-3-10(11)18-13(20)7-4-9(14)12(19-16)17-6-7/h2-6H,16H2,1H3,(H,17,19)(H,18,20). The first-order valence-corrected chi connectivity index (χ1v) is 6.20. The van der Waals surface area contributed by atoms with Crippen LogP contribution in [0, 0.1) is 5.82 Å². The second-order valence-corrected chi connectivity index (χ2v) is 4.40. The Hall–Kier alpha value is -2.38. The van der Waals surface area contributed by atoms with Crippen LogP contribution in [0.2, 0.25) is 5.02 Å². The smallest absolute Gasteiger partial charge is 0.257 e. The lowest BCUT2D eigenvalue weighted by atomic mass is 10.2. The number of nitrogens with two attached hydrogens (primary N) is 1. The number of hydrogen-bond donors (Lipinski definition) is 3. The summed E-state index contributed by atoms with van der Waals surface area (Å²) in [7, 11) is 1.38. The maximum Gasteiger partial charge on any atom is 0.257 e. The van der Waals surface area contributed by atoms with Gasteiger partial charge in [-0.15, -0.1) is 0 Å². The minimum atomic E-state index is -0.465. The van der Waals surface area contributed by atoms with Gasteiger partial charge >= 0.3 is 0 Å². The zero-order chi connectivity index (χ0) is 15.4. The van der Waals surface area contributed by atoms with E-state index in [1.165, 1.54) is 37.6 Å². The van der Waals surface area contributed by atoms with Crippen LogP contribution < -0.4 is 21.3 Å². The molecule has 0 fully saturated rings. The Morgan fingerprint density at radius 2 is 2.19 bits per heavy atom. The topological polar surface area (TPSA) is 89.3 Å². The average Bonchev–Trinajstić information content (AvgIpc) is 2.48. The summed E-state index contributed by atoms with van der Waals surface area (Å²) in [5.74, 6) is 4.75. The Balaban J connectivity index is 2.24. The molecule has 0 radical (unpaired) electrons. The Morgan fingerprint density at radius 3 is 2.81 bits per heavy atom. The van der Waals surface area contributed by atoms with Crippen molar-refractivity contribution in [2.45, 2.75) is 0 Å². The molecule has 8 heteroatoms. The van der Waals surface area contributed by atoms with Crippen molar-refractivity contribution in [3.05, 3.63) is 46.9 Å². The van der Waals surface area contributed by atoms with Crippen molar-refractivity contribution in [1.82, 2.24) is 4.98 Å². The normalized spacial score (nSPS) is 10.1. The van der Waals surface area contributed by atoms with E-state index in [1.54, 1.807) is 0 Å². The van der Waals surface area contributed by atoms with Gasteiger partial charge in [-0.1, -0.05) is 11.6 Å². The predicted molar refractivity (Wildman–Crippen MR) is 78.0 cm³/mol. The number of amides is 1. The number of aromatic nitrogens is 1. The molecule has 6 nitrogen and oxygen atoms in total. The molecule has 4 N–H and O–H groups in total. The van der Waals surface area contributed by atoms with E-state index in [-0.39, 0.29) is 22.2 Å². The Morgan fingerprint density at radius 1 is 1.43 bits per heavy atom. The fourth-order valence-corrected chi connectivity index (χ4v) is 1.85. The molecule has 0 unspecified atom stereocenters. The third kappa shape index (κ3) is 3.39. The van der Waals surface area contributed by atoms with Crippen molar-refractivity contribution in [2.24, 2.45) is 5.84 Å². The lowest BCUT2D eigenvalue weighted by molar-refractivity contribution is 0.102. The minimum absolute atomic E-state index is 0.205. The van der Waals surface area contributed by atoms with Crippen LogP contribution >= 0.6 is 11.6 Å². The number of carbonyl (C=O) groups is 1. The number of ether oxygens (including phenoxy) is 1. The van der Waals surface area contributed by atoms with Crippen molar-refractivity contribution in [1.29, 1.82) is 0 Å². The molecule has 1 amide bonds. The Labute approximate surface area is 125 Å². The molecule has 21 heavy (non-hydrogen) atoms. The van der Waals surface area contributed by atoms with Crippen molar-refractivity contribution in [3.8, 4) is 5.75 Å². The predicted octanol–water partition coefficient (Wildman–Crippen LogP) is 2.42. The molecule has 1 heterocycles. The van der Waals surface area contributed by atoms with Gasteiger partial charge in [-0.2, -0.15) is 0 Å². The number of anilines is 2. The molecule has 0 spiro atoms. The summed E-state index contributed by atoms with van der Waals surface area (Å²) < 4.78 is 18.1. The van der Waals surface area contributed by atoms with E-state index in [4.69, 9.17) is 22.2 Å². The van der Waals surface area contributed by atoms with Gasteiger partial charge in [0, 0.05) is 12.3 Å². The highest BCUT2D eigenvalue weighted by atomic mass is 35.5. The Bertz CT molecular complexity index is 681. The zero-order valence-electron chi connectivity index (χ0n) is 11.0. The van der Waals surface area contributed by atoms with Gasteiger partial charge in [-0.25, -0.2) is 15.2 Å². The molecule has 0 bridgehead atoms. The van der Waals surface area contributed by atoms with Crippen LogP contribution in [-0.4, -0.2) is 18.0 Å². The van der Waals surface area contributed by atoms with Crippen molar-refractivity contribution < 1.29 is 13.9 Å². The maximum absolute atomic E-state index is 13.1. The second-order valence-electron chi connectivity index (χ2n) is 4.00. The highest BCUT2D eigenvalue weighted by Gasteiger charge is 2.12. The molecule has 1 aromatic carbocycles. The molecule has 110 valence electrons. The number of carbonyl (C=O) groups excluding carboxylic acids is 1. The van der Waals surface area contributed by atoms with E-state index in [1.807, 2.05) is 0 Å². The molecule has 0 atom stereocenters. The number of halogens is 2. The summed E-state index contributed by atoms with van der Waals surface area (Å²) in [5.41, 5.74) is 2.86. The summed E-state index contributed by atoms with van der Waals surface area (Å²) in [4.78, 5) is 16.0. The maximum atomic E-state index is 13.1. The number of nitrogens with zero attached hydrogens (tertiary/aromatic N) is 1. The van der Waals surface area contributed by atoms with Gasteiger partial charge in [0.15, 0.2) is 5.82 Å². The average molecular weight is 311 g/mol. The van der Waals surface area contributed by atoms with Crippen LogP contribution in [0.1, 0.15) is 10.4 Å². The van der Waals surface area contributed by atoms with E-state index in [9.17, 15) is 9.18 Å². The summed E-state index contributed by atoms with van der Waals surface area (Å²) in [5, 5.41) is 2.79. The first-order chi connectivity index (χ1) is 10.0. The highest BCUT2D eigenvalue weighted by molar-refractivity contribution is 6.33. The quantitative estimate of drug-likeness (QED) is 0.596. The number of hydrazine groups is 1. The number of nitrogen functional groups attached to an aromatic ring is 1. The van der Waals surface area contributed by atoms with Gasteiger partial charge in [-0.3, -0.25) is 4.79 Å². The van der Waals surface area contributed by atoms with E-state index < -0.39 is 11.7 Å². The first-order valence-electron chi connectivity index (χ1n) is 5.82. The summed E-state index contributed by atoms with van der Waals surface area (Å²) in [6.45, 7) is 0. The number of methoxy groups -OCH3 is 1. The molecule has 1 aromatic heterocycles. The van der Waals surface area contributed by atoms with Gasteiger partial charge < -0.3 is 15.5 Å². The van der Waals surface area contributed by atoms with Crippen LogP contribution in [0.4, 0.5) is 15.9 Å². The van der Waals surface area contributed by atoms with E-state index in [0.717, 1.165) is 0 Å². The molecule has 0 saturated carbocycles. The molecular weight excluding hydrogens is 299 g/mol. The minimum Gasteiger partial charge on any atom is -0.494 e. The highest BCUT2D eigenvalue weighted by Crippen LogP contribution is 2.26. The van der Waals surface area contributed by atoms with Crippen molar-refractivity contribution in [2.75, 3.05) is 17.9 Å². The fourth-order valence-electron chi connectivity index (χ4n) is 1.63. The molecule has 2 rings (SSSR count). The first kappa shape index (κ1) is 15.0. The van der Waals surface area contributed by atoms with E-state index in [0.29, 0.717) is 5.69 Å². The summed E-state index contributed by atoms with van der Waals surface area (Å²) in [6, 6.07) is 5.19. The summed E-state index contributed by atoms with van der Waals surface area (Å²) >= 11 is 5.90. The van der Waals surface area contributed by atoms with Crippen LogP contribution in [0.5, 0.6) is 5.75 Å². The number of pyridine rings is 1. The lowest BCUT2D eigenvalue weighted by Crippen LogP contribution is -2.14. The van der Waals surface area contributed by atoms with Crippen LogP contribution in [-0.2, 0) is 0 Å². The lowest BCUT2D eigenvalue weighted by Gasteiger charge is -2.10. The van der Waals surface area contributed by atoms with Crippen molar-refractivity contribution >= 4 is 29.0 Å². The largest absolute Gasteiger partial charge is 0.494 e. The van der Waals surface area contributed by atoms with Gasteiger partial charge in [0.25, 0.3) is 5.91 Å². The van der Waals surface area contributed by atoms with E-state index >= 15 is 0 Å². The third-order valence-corrected chi connectivity index (χ3v) is 2.94. The van der Waals surface area contributed by atoms with Crippen LogP contribution in [0.3, 0.4) is 0 Å². The van der Waals surface area contributed by atoms with Gasteiger partial charge in [0.05, 0.1) is 23.4 Å². The van der Waals surface area contributed by atoms with Gasteiger partial charge in [0.2, 0.25) is 0 Å². The van der Waals surface area contributed by atoms with E-state index in [2.05, 4.69) is 15.7 Å².